The normalized spacial score (nSPS) is 10.7. The molecular weight excluding hydrogens is 350 g/mol. The largest absolute Gasteiger partial charge is 0.496 e. The van der Waals surface area contributed by atoms with Crippen molar-refractivity contribution < 1.29 is 19.2 Å². The lowest BCUT2D eigenvalue weighted by molar-refractivity contribution is -0.385. The van der Waals surface area contributed by atoms with E-state index in [-0.39, 0.29) is 28.3 Å². The molecule has 2 rings (SSSR count). The van der Waals surface area contributed by atoms with Crippen molar-refractivity contribution in [1.82, 2.24) is 0 Å². The summed E-state index contributed by atoms with van der Waals surface area (Å²) in [6.07, 6.45) is 1.23. The molecular formula is C19H17N3O5. The number of nitro groups is 1. The third-order valence-electron chi connectivity index (χ3n) is 3.79. The van der Waals surface area contributed by atoms with Gasteiger partial charge in [-0.1, -0.05) is 18.2 Å². The lowest BCUT2D eigenvalue weighted by atomic mass is 10.1. The Kier molecular flexibility index (Phi) is 6.12. The number of rotatable bonds is 6. The molecule has 1 N–H and O–H groups in total. The molecule has 138 valence electrons. The first kappa shape index (κ1) is 19.5. The Labute approximate surface area is 155 Å². The zero-order chi connectivity index (χ0) is 20.0. The van der Waals surface area contributed by atoms with Crippen molar-refractivity contribution in [3.8, 4) is 17.6 Å². The van der Waals surface area contributed by atoms with Gasteiger partial charge in [-0.25, -0.2) is 0 Å². The first-order valence-corrected chi connectivity index (χ1v) is 7.80. The van der Waals surface area contributed by atoms with Gasteiger partial charge in [-0.3, -0.25) is 14.9 Å². The Bertz CT molecular complexity index is 960. The summed E-state index contributed by atoms with van der Waals surface area (Å²) in [6.45, 7) is 1.82. The summed E-state index contributed by atoms with van der Waals surface area (Å²) in [5.41, 5.74) is 1.08. The van der Waals surface area contributed by atoms with Crippen LogP contribution in [0.2, 0.25) is 0 Å². The molecule has 0 aliphatic rings. The Morgan fingerprint density at radius 2 is 1.89 bits per heavy atom. The minimum atomic E-state index is -0.632. The van der Waals surface area contributed by atoms with Gasteiger partial charge in [0.1, 0.15) is 17.4 Å². The Hall–Kier alpha value is -3.86. The van der Waals surface area contributed by atoms with Crippen molar-refractivity contribution in [3.05, 3.63) is 63.2 Å². The molecule has 8 nitrogen and oxygen atoms in total. The van der Waals surface area contributed by atoms with E-state index in [1.54, 1.807) is 12.1 Å². The fourth-order valence-electron chi connectivity index (χ4n) is 2.37. The number of carbonyl (C=O) groups excluding carboxylic acids is 1. The monoisotopic (exact) mass is 367 g/mol. The van der Waals surface area contributed by atoms with Gasteiger partial charge in [-0.15, -0.1) is 0 Å². The molecule has 0 radical (unpaired) electrons. The van der Waals surface area contributed by atoms with E-state index < -0.39 is 10.8 Å². The van der Waals surface area contributed by atoms with Gasteiger partial charge in [0.25, 0.3) is 5.91 Å². The van der Waals surface area contributed by atoms with Crippen molar-refractivity contribution in [1.29, 1.82) is 5.26 Å². The second-order valence-electron chi connectivity index (χ2n) is 5.46. The number of benzene rings is 2. The highest BCUT2D eigenvalue weighted by Crippen LogP contribution is 2.35. The smallest absolute Gasteiger partial charge is 0.311 e. The molecule has 0 fully saturated rings. The topological polar surface area (TPSA) is 114 Å². The third kappa shape index (κ3) is 4.41. The summed E-state index contributed by atoms with van der Waals surface area (Å²) in [4.78, 5) is 23.0. The van der Waals surface area contributed by atoms with Crippen LogP contribution in [0, 0.1) is 28.4 Å². The number of ether oxygens (including phenoxy) is 2. The predicted molar refractivity (Wildman–Crippen MR) is 99.6 cm³/mol. The van der Waals surface area contributed by atoms with Gasteiger partial charge in [0.15, 0.2) is 0 Å². The van der Waals surface area contributed by atoms with E-state index in [0.717, 1.165) is 5.56 Å². The van der Waals surface area contributed by atoms with Gasteiger partial charge in [-0.2, -0.15) is 5.26 Å². The van der Waals surface area contributed by atoms with Crippen molar-refractivity contribution >= 4 is 23.4 Å². The molecule has 0 heterocycles. The molecule has 0 aromatic heterocycles. The number of nitro benzene ring substituents is 1. The van der Waals surface area contributed by atoms with Gasteiger partial charge in [0, 0.05) is 23.4 Å². The first-order valence-electron chi connectivity index (χ1n) is 7.80. The quantitative estimate of drug-likeness (QED) is 0.362. The van der Waals surface area contributed by atoms with Gasteiger partial charge in [-0.05, 0) is 24.6 Å². The molecule has 1 amide bonds. The lowest BCUT2D eigenvalue weighted by Gasteiger charge is -2.10. The van der Waals surface area contributed by atoms with Crippen molar-refractivity contribution in [2.24, 2.45) is 0 Å². The van der Waals surface area contributed by atoms with E-state index in [0.29, 0.717) is 5.69 Å². The van der Waals surface area contributed by atoms with Crippen LogP contribution in [0.5, 0.6) is 11.5 Å². The number of para-hydroxylation sites is 1. The third-order valence-corrected chi connectivity index (χ3v) is 3.79. The zero-order valence-electron chi connectivity index (χ0n) is 15.0. The van der Waals surface area contributed by atoms with E-state index in [1.165, 1.54) is 32.4 Å². The Balaban J connectivity index is 2.46. The Morgan fingerprint density at radius 3 is 2.44 bits per heavy atom. The second-order valence-corrected chi connectivity index (χ2v) is 5.46. The van der Waals surface area contributed by atoms with E-state index >= 15 is 0 Å². The van der Waals surface area contributed by atoms with Gasteiger partial charge < -0.3 is 14.8 Å². The molecule has 8 heteroatoms. The van der Waals surface area contributed by atoms with E-state index in [9.17, 15) is 20.2 Å². The minimum Gasteiger partial charge on any atom is -0.496 e. The van der Waals surface area contributed by atoms with Crippen LogP contribution in [-0.2, 0) is 4.79 Å². The van der Waals surface area contributed by atoms with E-state index in [1.807, 2.05) is 25.1 Å². The highest BCUT2D eigenvalue weighted by atomic mass is 16.6. The van der Waals surface area contributed by atoms with Crippen LogP contribution in [0.1, 0.15) is 11.1 Å². The number of nitrogens with zero attached hydrogens (tertiary/aromatic N) is 2. The molecule has 0 atom stereocenters. The maximum atomic E-state index is 12.4. The van der Waals surface area contributed by atoms with Crippen molar-refractivity contribution in [3.63, 3.8) is 0 Å². The predicted octanol–water partition coefficient (Wildman–Crippen LogP) is 3.47. The molecule has 0 spiro atoms. The molecule has 0 saturated carbocycles. The fraction of sp³-hybridized carbons (Fsp3) is 0.158. The number of aryl methyl sites for hydroxylation is 1. The van der Waals surface area contributed by atoms with Crippen molar-refractivity contribution in [2.45, 2.75) is 6.92 Å². The molecule has 0 aliphatic heterocycles. The highest BCUT2D eigenvalue weighted by Gasteiger charge is 2.20. The van der Waals surface area contributed by atoms with E-state index in [4.69, 9.17) is 9.47 Å². The standard InChI is InChI=1S/C19H17N3O5/c1-12-6-4-5-7-15(12)21-19(23)14(11-20)8-13-9-16(22(24)25)18(27-3)10-17(13)26-2/h4-10H,1-3H3,(H,21,23)/b14-8-. The fourth-order valence-corrected chi connectivity index (χ4v) is 2.37. The highest BCUT2D eigenvalue weighted by molar-refractivity contribution is 6.10. The maximum absolute atomic E-state index is 12.4. The van der Waals surface area contributed by atoms with Crippen LogP contribution in [0.4, 0.5) is 11.4 Å². The van der Waals surface area contributed by atoms with Crippen LogP contribution < -0.4 is 14.8 Å². The number of nitrogens with one attached hydrogen (secondary N) is 1. The summed E-state index contributed by atoms with van der Waals surface area (Å²) < 4.78 is 10.2. The molecule has 0 saturated heterocycles. The van der Waals surface area contributed by atoms with Gasteiger partial charge in [0.05, 0.1) is 19.1 Å². The number of nitriles is 1. The average molecular weight is 367 g/mol. The number of anilines is 1. The maximum Gasteiger partial charge on any atom is 0.311 e. The summed E-state index contributed by atoms with van der Waals surface area (Å²) >= 11 is 0. The molecule has 2 aromatic carbocycles. The number of carbonyl (C=O) groups is 1. The van der Waals surface area contributed by atoms with Gasteiger partial charge >= 0.3 is 5.69 Å². The average Bonchev–Trinajstić information content (AvgIpc) is 2.66. The SMILES string of the molecule is COc1cc(OC)c([N+](=O)[O-])cc1/C=C(/C#N)C(=O)Nc1ccccc1C. The van der Waals surface area contributed by atoms with Crippen LogP contribution in [0.25, 0.3) is 6.08 Å². The molecule has 0 bridgehead atoms. The van der Waals surface area contributed by atoms with Crippen molar-refractivity contribution in [2.75, 3.05) is 19.5 Å². The molecule has 0 aliphatic carbocycles. The molecule has 0 unspecified atom stereocenters. The molecule has 2 aromatic rings. The second kappa shape index (κ2) is 8.49. The molecule has 27 heavy (non-hydrogen) atoms. The summed E-state index contributed by atoms with van der Waals surface area (Å²) in [5, 5.41) is 23.2. The van der Waals surface area contributed by atoms with Crippen LogP contribution in [0.15, 0.2) is 42.0 Å². The van der Waals surface area contributed by atoms with E-state index in [2.05, 4.69) is 5.32 Å². The minimum absolute atomic E-state index is 0.0110. The van der Waals surface area contributed by atoms with Crippen LogP contribution in [-0.4, -0.2) is 25.1 Å². The van der Waals surface area contributed by atoms with Gasteiger partial charge in [0.2, 0.25) is 5.75 Å². The zero-order valence-corrected chi connectivity index (χ0v) is 15.0. The summed E-state index contributed by atoms with van der Waals surface area (Å²) in [7, 11) is 2.67. The number of amides is 1. The summed E-state index contributed by atoms with van der Waals surface area (Å²) in [6, 6.07) is 11.4. The lowest BCUT2D eigenvalue weighted by Crippen LogP contribution is -2.14. The number of methoxy groups -OCH3 is 2. The number of hydrogen-bond donors (Lipinski definition) is 1. The summed E-state index contributed by atoms with van der Waals surface area (Å²) in [5.74, 6) is -0.391. The van der Waals surface area contributed by atoms with Crippen LogP contribution in [0.3, 0.4) is 0 Å². The van der Waals surface area contributed by atoms with Crippen LogP contribution >= 0.6 is 0 Å². The first-order chi connectivity index (χ1) is 12.9. The number of hydrogen-bond acceptors (Lipinski definition) is 6. The Morgan fingerprint density at radius 1 is 1.22 bits per heavy atom.